The van der Waals surface area contributed by atoms with Gasteiger partial charge >= 0.3 is 0 Å². The molecular weight excluding hydrogens is 248 g/mol. The second-order valence-corrected chi connectivity index (χ2v) is 8.30. The Morgan fingerprint density at radius 2 is 1.25 bits per heavy atom. The lowest BCUT2D eigenvalue weighted by Gasteiger charge is -2.27. The quantitative estimate of drug-likeness (QED) is 0.507. The Balaban J connectivity index is 3.26. The van der Waals surface area contributed by atoms with Gasteiger partial charge in [-0.15, -0.1) is 0 Å². The van der Waals surface area contributed by atoms with Gasteiger partial charge in [0.25, 0.3) is 0 Å². The van der Waals surface area contributed by atoms with Crippen molar-refractivity contribution < 1.29 is 9.47 Å². The van der Waals surface area contributed by atoms with Crippen LogP contribution in [0.5, 0.6) is 0 Å². The summed E-state index contributed by atoms with van der Waals surface area (Å²) in [7, 11) is 0. The van der Waals surface area contributed by atoms with E-state index < -0.39 is 0 Å². The van der Waals surface area contributed by atoms with E-state index in [0.29, 0.717) is 10.8 Å². The Morgan fingerprint density at radius 1 is 0.750 bits per heavy atom. The van der Waals surface area contributed by atoms with Crippen LogP contribution >= 0.6 is 0 Å². The zero-order valence-electron chi connectivity index (χ0n) is 15.1. The number of rotatable bonds is 10. The highest BCUT2D eigenvalue weighted by Gasteiger charge is 2.18. The highest BCUT2D eigenvalue weighted by molar-refractivity contribution is 4.69. The topological polar surface area (TPSA) is 18.5 Å². The van der Waals surface area contributed by atoms with E-state index in [9.17, 15) is 0 Å². The molecule has 0 aliphatic carbocycles. The molecule has 0 aromatic carbocycles. The Bertz CT molecular complexity index is 223. The summed E-state index contributed by atoms with van der Waals surface area (Å²) in [4.78, 5) is 0. The normalized spacial score (nSPS) is 14.6. The number of ether oxygens (including phenoxy) is 2. The Hall–Kier alpha value is -0.0800. The van der Waals surface area contributed by atoms with E-state index in [1.54, 1.807) is 0 Å². The maximum Gasteiger partial charge on any atom is 0.0700 e. The molecule has 0 amide bonds. The molecular formula is C18H38O2. The van der Waals surface area contributed by atoms with Gasteiger partial charge in [-0.1, -0.05) is 48.5 Å². The van der Waals surface area contributed by atoms with Gasteiger partial charge in [0.15, 0.2) is 0 Å². The maximum absolute atomic E-state index is 5.62. The van der Waals surface area contributed by atoms with Gasteiger partial charge in [-0.2, -0.15) is 0 Å². The van der Waals surface area contributed by atoms with Crippen LogP contribution in [0.4, 0.5) is 0 Å². The van der Waals surface area contributed by atoms with Crippen LogP contribution in [0.15, 0.2) is 0 Å². The summed E-state index contributed by atoms with van der Waals surface area (Å²) in [5, 5.41) is 0. The fourth-order valence-corrected chi connectivity index (χ4v) is 1.95. The van der Waals surface area contributed by atoms with Gasteiger partial charge in [-0.3, -0.25) is 0 Å². The van der Waals surface area contributed by atoms with Crippen LogP contribution in [0.1, 0.15) is 74.1 Å². The molecule has 2 heteroatoms. The predicted molar refractivity (Wildman–Crippen MR) is 88.2 cm³/mol. The lowest BCUT2D eigenvalue weighted by molar-refractivity contribution is 0.0408. The SMILES string of the molecule is CC(CCCOCCOCCCC(C)(C)C)C(C)(C)C. The van der Waals surface area contributed by atoms with Crippen molar-refractivity contribution in [1.29, 1.82) is 0 Å². The molecule has 0 saturated carbocycles. The minimum atomic E-state index is 0.413. The van der Waals surface area contributed by atoms with E-state index in [1.807, 2.05) is 0 Å². The van der Waals surface area contributed by atoms with Crippen molar-refractivity contribution in [2.24, 2.45) is 16.7 Å². The van der Waals surface area contributed by atoms with Gasteiger partial charge < -0.3 is 9.47 Å². The molecule has 0 aromatic heterocycles. The van der Waals surface area contributed by atoms with Crippen molar-refractivity contribution in [2.45, 2.75) is 74.1 Å². The molecule has 0 saturated heterocycles. The zero-order chi connectivity index (χ0) is 15.6. The molecule has 0 aliphatic heterocycles. The van der Waals surface area contributed by atoms with Crippen LogP contribution < -0.4 is 0 Å². The van der Waals surface area contributed by atoms with Crippen LogP contribution in [-0.2, 0) is 9.47 Å². The van der Waals surface area contributed by atoms with Crippen LogP contribution in [0, 0.1) is 16.7 Å². The number of hydrogen-bond acceptors (Lipinski definition) is 2. The maximum atomic E-state index is 5.62. The molecule has 0 radical (unpaired) electrons. The minimum Gasteiger partial charge on any atom is -0.379 e. The monoisotopic (exact) mass is 286 g/mol. The first-order valence-electron chi connectivity index (χ1n) is 8.28. The summed E-state index contributed by atoms with van der Waals surface area (Å²) >= 11 is 0. The van der Waals surface area contributed by atoms with Crippen molar-refractivity contribution >= 4 is 0 Å². The second kappa shape index (κ2) is 9.78. The van der Waals surface area contributed by atoms with E-state index in [-0.39, 0.29) is 0 Å². The second-order valence-electron chi connectivity index (χ2n) is 8.30. The molecule has 1 unspecified atom stereocenters. The summed E-state index contributed by atoms with van der Waals surface area (Å²) < 4.78 is 11.2. The van der Waals surface area contributed by atoms with Crippen molar-refractivity contribution in [1.82, 2.24) is 0 Å². The third kappa shape index (κ3) is 12.9. The zero-order valence-corrected chi connectivity index (χ0v) is 15.1. The molecule has 0 bridgehead atoms. The molecule has 0 fully saturated rings. The average molecular weight is 286 g/mol. The standard InChI is InChI=1S/C18H38O2/c1-16(18(5,6)7)10-8-12-19-14-15-20-13-9-11-17(2,3)4/h16H,8-15H2,1-7H3. The van der Waals surface area contributed by atoms with E-state index in [1.165, 1.54) is 12.8 Å². The fraction of sp³-hybridized carbons (Fsp3) is 1.00. The molecule has 1 atom stereocenters. The average Bonchev–Trinajstić information content (AvgIpc) is 2.28. The highest BCUT2D eigenvalue weighted by Crippen LogP contribution is 2.28. The van der Waals surface area contributed by atoms with Gasteiger partial charge in [-0.05, 0) is 42.4 Å². The van der Waals surface area contributed by atoms with Gasteiger partial charge in [0.2, 0.25) is 0 Å². The van der Waals surface area contributed by atoms with Crippen molar-refractivity contribution in [3.05, 3.63) is 0 Å². The van der Waals surface area contributed by atoms with Crippen molar-refractivity contribution in [2.75, 3.05) is 26.4 Å². The van der Waals surface area contributed by atoms with E-state index in [4.69, 9.17) is 9.47 Å². The first kappa shape index (κ1) is 19.9. The molecule has 0 heterocycles. The third-order valence-electron chi connectivity index (χ3n) is 3.99. The lowest BCUT2D eigenvalue weighted by atomic mass is 9.79. The first-order valence-corrected chi connectivity index (χ1v) is 8.28. The van der Waals surface area contributed by atoms with Crippen LogP contribution in [0.25, 0.3) is 0 Å². The Morgan fingerprint density at radius 3 is 1.70 bits per heavy atom. The molecule has 2 nitrogen and oxygen atoms in total. The van der Waals surface area contributed by atoms with Crippen LogP contribution in [0.2, 0.25) is 0 Å². The summed E-state index contributed by atoms with van der Waals surface area (Å²) in [6.45, 7) is 19.3. The van der Waals surface area contributed by atoms with Gasteiger partial charge in [-0.25, -0.2) is 0 Å². The Kier molecular flexibility index (Phi) is 9.74. The van der Waals surface area contributed by atoms with E-state index >= 15 is 0 Å². The smallest absolute Gasteiger partial charge is 0.0700 e. The molecule has 0 spiro atoms. The largest absolute Gasteiger partial charge is 0.379 e. The third-order valence-corrected chi connectivity index (χ3v) is 3.99. The summed E-state index contributed by atoms with van der Waals surface area (Å²) in [6, 6.07) is 0. The summed E-state index contributed by atoms with van der Waals surface area (Å²) in [5.74, 6) is 0.750. The van der Waals surface area contributed by atoms with Gasteiger partial charge in [0, 0.05) is 13.2 Å². The van der Waals surface area contributed by atoms with Gasteiger partial charge in [0.1, 0.15) is 0 Å². The van der Waals surface area contributed by atoms with Crippen molar-refractivity contribution in [3.63, 3.8) is 0 Å². The van der Waals surface area contributed by atoms with Crippen LogP contribution in [0.3, 0.4) is 0 Å². The van der Waals surface area contributed by atoms with E-state index in [0.717, 1.165) is 45.2 Å². The fourth-order valence-electron chi connectivity index (χ4n) is 1.95. The Labute approximate surface area is 127 Å². The molecule has 0 aliphatic rings. The first-order chi connectivity index (χ1) is 9.13. The molecule has 122 valence electrons. The van der Waals surface area contributed by atoms with Crippen LogP contribution in [-0.4, -0.2) is 26.4 Å². The highest BCUT2D eigenvalue weighted by atomic mass is 16.5. The minimum absolute atomic E-state index is 0.413. The van der Waals surface area contributed by atoms with Crippen molar-refractivity contribution in [3.8, 4) is 0 Å². The molecule has 0 aromatic rings. The molecule has 0 rings (SSSR count). The summed E-state index contributed by atoms with van der Waals surface area (Å²) in [5.41, 5.74) is 0.833. The summed E-state index contributed by atoms with van der Waals surface area (Å²) in [6.07, 6.45) is 4.77. The predicted octanol–water partition coefficient (Wildman–Crippen LogP) is 5.31. The lowest BCUT2D eigenvalue weighted by Crippen LogP contribution is -2.17. The molecule has 20 heavy (non-hydrogen) atoms. The number of hydrogen-bond donors (Lipinski definition) is 0. The van der Waals surface area contributed by atoms with E-state index in [2.05, 4.69) is 48.5 Å². The molecule has 0 N–H and O–H groups in total. The van der Waals surface area contributed by atoms with Gasteiger partial charge in [0.05, 0.1) is 13.2 Å².